The number of carbonyl (C=O) groups is 1. The second-order valence-electron chi connectivity index (χ2n) is 5.17. The van der Waals surface area contributed by atoms with E-state index in [1.807, 2.05) is 41.3 Å². The van der Waals surface area contributed by atoms with E-state index in [9.17, 15) is 9.90 Å². The smallest absolute Gasteiger partial charge is 0.320 e. The fourth-order valence-electron chi connectivity index (χ4n) is 3.00. The summed E-state index contributed by atoms with van der Waals surface area (Å²) in [5, 5.41) is 10.1. The van der Waals surface area contributed by atoms with E-state index < -0.39 is 12.0 Å². The van der Waals surface area contributed by atoms with Crippen molar-refractivity contribution in [3.8, 4) is 0 Å². The molecule has 5 heteroatoms. The minimum atomic E-state index is -0.795. The molecule has 4 nitrogen and oxygen atoms in total. The molecule has 2 heterocycles. The third-order valence-corrected chi connectivity index (χ3v) is 4.27. The monoisotopic (exact) mass is 305 g/mol. The van der Waals surface area contributed by atoms with E-state index in [-0.39, 0.29) is 6.04 Å². The highest BCUT2D eigenvalue weighted by Crippen LogP contribution is 2.37. The van der Waals surface area contributed by atoms with Gasteiger partial charge in [0.15, 0.2) is 0 Å². The Morgan fingerprint density at radius 2 is 2.14 bits per heavy atom. The first-order valence-corrected chi connectivity index (χ1v) is 7.32. The Kier molecular flexibility index (Phi) is 3.99. The lowest BCUT2D eigenvalue weighted by atomic mass is 10.0. The van der Waals surface area contributed by atoms with Crippen molar-refractivity contribution in [2.45, 2.75) is 24.9 Å². The first kappa shape index (κ1) is 14.2. The van der Waals surface area contributed by atoms with E-state index in [4.69, 9.17) is 16.0 Å². The minimum absolute atomic E-state index is 0.266. The van der Waals surface area contributed by atoms with Gasteiger partial charge in [0.1, 0.15) is 11.8 Å². The quantitative estimate of drug-likeness (QED) is 0.938. The van der Waals surface area contributed by atoms with Gasteiger partial charge in [0.05, 0.1) is 12.3 Å². The number of rotatable bonds is 4. The van der Waals surface area contributed by atoms with Gasteiger partial charge >= 0.3 is 5.97 Å². The maximum Gasteiger partial charge on any atom is 0.320 e. The van der Waals surface area contributed by atoms with Crippen molar-refractivity contribution >= 4 is 17.6 Å². The van der Waals surface area contributed by atoms with Crippen LogP contribution in [0.3, 0.4) is 0 Å². The van der Waals surface area contributed by atoms with Crippen LogP contribution >= 0.6 is 11.6 Å². The number of aliphatic carboxylic acids is 1. The first-order chi connectivity index (χ1) is 10.2. The lowest BCUT2D eigenvalue weighted by molar-refractivity contribution is -0.142. The van der Waals surface area contributed by atoms with Crippen molar-refractivity contribution in [2.75, 3.05) is 6.54 Å². The average molecular weight is 306 g/mol. The van der Waals surface area contributed by atoms with Gasteiger partial charge in [-0.2, -0.15) is 0 Å². The second-order valence-corrected chi connectivity index (χ2v) is 5.58. The van der Waals surface area contributed by atoms with Crippen molar-refractivity contribution in [1.82, 2.24) is 4.90 Å². The predicted molar refractivity (Wildman–Crippen MR) is 79.4 cm³/mol. The van der Waals surface area contributed by atoms with Crippen LogP contribution in [-0.2, 0) is 4.79 Å². The molecule has 110 valence electrons. The van der Waals surface area contributed by atoms with Crippen LogP contribution in [-0.4, -0.2) is 28.6 Å². The van der Waals surface area contributed by atoms with Crippen LogP contribution in [0.4, 0.5) is 0 Å². The van der Waals surface area contributed by atoms with Crippen LogP contribution in [0.2, 0.25) is 5.02 Å². The standard InChI is InChI=1S/C16H16ClNO3/c17-12-6-2-1-5-11(12)15(14-8-4-10-21-14)18-9-3-7-13(18)16(19)20/h1-2,4-6,8,10,13,15H,3,7,9H2,(H,19,20). The van der Waals surface area contributed by atoms with Crippen LogP contribution in [0.15, 0.2) is 47.1 Å². The van der Waals surface area contributed by atoms with Gasteiger partial charge in [-0.1, -0.05) is 29.8 Å². The molecule has 1 fully saturated rings. The van der Waals surface area contributed by atoms with Gasteiger partial charge in [0.25, 0.3) is 0 Å². The largest absolute Gasteiger partial charge is 0.480 e. The number of hydrogen-bond donors (Lipinski definition) is 1. The van der Waals surface area contributed by atoms with Crippen molar-refractivity contribution < 1.29 is 14.3 Å². The van der Waals surface area contributed by atoms with E-state index in [0.717, 1.165) is 17.7 Å². The Morgan fingerprint density at radius 3 is 2.81 bits per heavy atom. The van der Waals surface area contributed by atoms with Crippen LogP contribution in [0.1, 0.15) is 30.2 Å². The minimum Gasteiger partial charge on any atom is -0.480 e. The molecule has 2 unspecified atom stereocenters. The van der Waals surface area contributed by atoms with Gasteiger partial charge in [-0.25, -0.2) is 0 Å². The Balaban J connectivity index is 2.05. The lowest BCUT2D eigenvalue weighted by Gasteiger charge is -2.30. The SMILES string of the molecule is O=C(O)C1CCCN1C(c1ccco1)c1ccccc1Cl. The van der Waals surface area contributed by atoms with Crippen LogP contribution < -0.4 is 0 Å². The molecule has 1 aliphatic rings. The zero-order valence-electron chi connectivity index (χ0n) is 11.4. The van der Waals surface area contributed by atoms with Crippen molar-refractivity contribution in [2.24, 2.45) is 0 Å². The van der Waals surface area contributed by atoms with E-state index in [2.05, 4.69) is 0 Å². The van der Waals surface area contributed by atoms with Crippen LogP contribution in [0.5, 0.6) is 0 Å². The maximum absolute atomic E-state index is 11.5. The molecule has 0 saturated carbocycles. The summed E-state index contributed by atoms with van der Waals surface area (Å²) in [6, 6.07) is 10.4. The topological polar surface area (TPSA) is 53.7 Å². The fourth-order valence-corrected chi connectivity index (χ4v) is 3.24. The third kappa shape index (κ3) is 2.69. The number of carboxylic acids is 1. The number of nitrogens with zero attached hydrogens (tertiary/aromatic N) is 1. The molecule has 1 aromatic carbocycles. The summed E-state index contributed by atoms with van der Waals surface area (Å²) < 4.78 is 5.55. The van der Waals surface area contributed by atoms with Gasteiger partial charge in [-0.15, -0.1) is 0 Å². The van der Waals surface area contributed by atoms with Gasteiger partial charge in [0, 0.05) is 11.6 Å². The summed E-state index contributed by atoms with van der Waals surface area (Å²) >= 11 is 6.33. The van der Waals surface area contributed by atoms with Crippen molar-refractivity contribution in [3.05, 3.63) is 59.0 Å². The molecule has 3 rings (SSSR count). The van der Waals surface area contributed by atoms with Crippen LogP contribution in [0, 0.1) is 0 Å². The molecule has 0 spiro atoms. The molecule has 1 saturated heterocycles. The molecule has 21 heavy (non-hydrogen) atoms. The van der Waals surface area contributed by atoms with Gasteiger partial charge in [-0.05, 0) is 36.6 Å². The lowest BCUT2D eigenvalue weighted by Crippen LogP contribution is -2.39. The summed E-state index contributed by atoms with van der Waals surface area (Å²) in [6.07, 6.45) is 3.11. The Bertz CT molecular complexity index is 626. The van der Waals surface area contributed by atoms with Crippen LogP contribution in [0.25, 0.3) is 0 Å². The second kappa shape index (κ2) is 5.92. The molecule has 2 aromatic rings. The number of carboxylic acid groups (broad SMARTS) is 1. The molecule has 1 aromatic heterocycles. The summed E-state index contributed by atoms with van der Waals surface area (Å²) in [6.45, 7) is 0.716. The Labute approximate surface area is 127 Å². The number of halogens is 1. The van der Waals surface area contributed by atoms with Gasteiger partial charge in [0.2, 0.25) is 0 Å². The zero-order chi connectivity index (χ0) is 14.8. The molecular weight excluding hydrogens is 290 g/mol. The fraction of sp³-hybridized carbons (Fsp3) is 0.312. The highest BCUT2D eigenvalue weighted by Gasteiger charge is 2.38. The number of likely N-dealkylation sites (tertiary alicyclic amines) is 1. The number of furan rings is 1. The highest BCUT2D eigenvalue weighted by atomic mass is 35.5. The molecule has 0 radical (unpaired) electrons. The van der Waals surface area contributed by atoms with E-state index in [1.54, 1.807) is 6.26 Å². The van der Waals surface area contributed by atoms with E-state index in [0.29, 0.717) is 18.0 Å². The van der Waals surface area contributed by atoms with E-state index in [1.165, 1.54) is 0 Å². The number of benzene rings is 1. The average Bonchev–Trinajstić information content (AvgIpc) is 3.13. The summed E-state index contributed by atoms with van der Waals surface area (Å²) in [7, 11) is 0. The van der Waals surface area contributed by atoms with Gasteiger partial charge < -0.3 is 9.52 Å². The number of hydrogen-bond acceptors (Lipinski definition) is 3. The molecule has 1 aliphatic heterocycles. The third-order valence-electron chi connectivity index (χ3n) is 3.92. The summed E-state index contributed by atoms with van der Waals surface area (Å²) in [4.78, 5) is 13.5. The highest BCUT2D eigenvalue weighted by molar-refractivity contribution is 6.31. The van der Waals surface area contributed by atoms with Crippen molar-refractivity contribution in [3.63, 3.8) is 0 Å². The molecule has 0 amide bonds. The summed E-state index contributed by atoms with van der Waals surface area (Å²) in [5.41, 5.74) is 0.877. The molecule has 1 N–H and O–H groups in total. The summed E-state index contributed by atoms with van der Waals surface area (Å²) in [5.74, 6) is -0.0765. The van der Waals surface area contributed by atoms with E-state index >= 15 is 0 Å². The van der Waals surface area contributed by atoms with Crippen molar-refractivity contribution in [1.29, 1.82) is 0 Å². The van der Waals surface area contributed by atoms with Gasteiger partial charge in [-0.3, -0.25) is 9.69 Å². The molecule has 0 bridgehead atoms. The Hall–Kier alpha value is -1.78. The first-order valence-electron chi connectivity index (χ1n) is 6.95. The normalized spacial score (nSPS) is 20.5. The maximum atomic E-state index is 11.5. The molecule has 0 aliphatic carbocycles. The molecule has 2 atom stereocenters. The molecular formula is C16H16ClNO3. The predicted octanol–water partition coefficient (Wildman–Crippen LogP) is 3.57. The Morgan fingerprint density at radius 1 is 1.33 bits per heavy atom. The zero-order valence-corrected chi connectivity index (χ0v) is 12.2.